The Morgan fingerprint density at radius 1 is 1.38 bits per heavy atom. The molecule has 6 nitrogen and oxygen atoms in total. The van der Waals surface area contributed by atoms with Crippen molar-refractivity contribution >= 4 is 23.3 Å². The van der Waals surface area contributed by atoms with Gasteiger partial charge in [-0.25, -0.2) is 4.98 Å². The van der Waals surface area contributed by atoms with E-state index in [1.54, 1.807) is 12.3 Å². The van der Waals surface area contributed by atoms with Crippen LogP contribution in [0.3, 0.4) is 0 Å². The van der Waals surface area contributed by atoms with Gasteiger partial charge in [0.2, 0.25) is 0 Å². The zero-order valence-electron chi connectivity index (χ0n) is 11.9. The maximum Gasteiger partial charge on any atom is 0.148 e. The predicted octanol–water partition coefficient (Wildman–Crippen LogP) is 0.930. The first kappa shape index (κ1) is 14.6. The number of hydrogen-bond acceptors (Lipinski definition) is 5. The summed E-state index contributed by atoms with van der Waals surface area (Å²) in [7, 11) is 0. The summed E-state index contributed by atoms with van der Waals surface area (Å²) in [6.07, 6.45) is 2.77. The van der Waals surface area contributed by atoms with E-state index in [-0.39, 0.29) is 5.84 Å². The predicted molar refractivity (Wildman–Crippen MR) is 83.3 cm³/mol. The van der Waals surface area contributed by atoms with Gasteiger partial charge in [-0.05, 0) is 12.5 Å². The normalized spacial score (nSPS) is 23.5. The second kappa shape index (κ2) is 6.17. The Hall–Kier alpha value is -1.37. The lowest BCUT2D eigenvalue weighted by Gasteiger charge is -2.32. The number of aromatic nitrogens is 1. The van der Waals surface area contributed by atoms with E-state index in [2.05, 4.69) is 14.8 Å². The number of nitrogen functional groups attached to an aromatic ring is 1. The van der Waals surface area contributed by atoms with Gasteiger partial charge in [-0.2, -0.15) is 0 Å². The Morgan fingerprint density at radius 2 is 2.14 bits per heavy atom. The number of halogens is 1. The SMILES string of the molecule is N=C(N)c1ccnc(N2CCC(N3CCOCC3)C2)c1Cl. The van der Waals surface area contributed by atoms with Crippen molar-refractivity contribution in [1.82, 2.24) is 9.88 Å². The first-order valence-corrected chi connectivity index (χ1v) is 7.60. The minimum atomic E-state index is -0.0208. The van der Waals surface area contributed by atoms with Gasteiger partial charge in [-0.1, -0.05) is 11.6 Å². The zero-order valence-corrected chi connectivity index (χ0v) is 12.6. The van der Waals surface area contributed by atoms with Crippen molar-refractivity contribution < 1.29 is 4.74 Å². The molecule has 21 heavy (non-hydrogen) atoms. The van der Waals surface area contributed by atoms with Crippen LogP contribution in [0.2, 0.25) is 5.02 Å². The molecule has 0 amide bonds. The van der Waals surface area contributed by atoms with E-state index < -0.39 is 0 Å². The minimum Gasteiger partial charge on any atom is -0.384 e. The lowest BCUT2D eigenvalue weighted by atomic mass is 10.2. The molecule has 0 aromatic carbocycles. The van der Waals surface area contributed by atoms with Crippen molar-refractivity contribution in [3.8, 4) is 0 Å². The fourth-order valence-corrected chi connectivity index (χ4v) is 3.37. The molecule has 0 spiro atoms. The highest BCUT2D eigenvalue weighted by Crippen LogP contribution is 2.30. The highest BCUT2D eigenvalue weighted by Gasteiger charge is 2.30. The van der Waals surface area contributed by atoms with Gasteiger partial charge in [0.25, 0.3) is 0 Å². The second-order valence-corrected chi connectivity index (χ2v) is 5.82. The van der Waals surface area contributed by atoms with Crippen LogP contribution < -0.4 is 10.6 Å². The summed E-state index contributed by atoms with van der Waals surface area (Å²) in [6, 6.07) is 2.21. The van der Waals surface area contributed by atoms with Crippen molar-refractivity contribution in [2.45, 2.75) is 12.5 Å². The number of morpholine rings is 1. The summed E-state index contributed by atoms with van der Waals surface area (Å²) in [6.45, 7) is 5.45. The summed E-state index contributed by atoms with van der Waals surface area (Å²) in [4.78, 5) is 9.05. The van der Waals surface area contributed by atoms with E-state index >= 15 is 0 Å². The fraction of sp³-hybridized carbons (Fsp3) is 0.571. The largest absolute Gasteiger partial charge is 0.384 e. The molecule has 1 aromatic rings. The quantitative estimate of drug-likeness (QED) is 0.641. The van der Waals surface area contributed by atoms with E-state index in [9.17, 15) is 0 Å². The Labute approximate surface area is 129 Å². The van der Waals surface area contributed by atoms with Crippen LogP contribution in [-0.2, 0) is 4.74 Å². The third-order valence-electron chi connectivity index (χ3n) is 4.19. The average molecular weight is 310 g/mol. The molecule has 114 valence electrons. The topological polar surface area (TPSA) is 78.5 Å². The zero-order chi connectivity index (χ0) is 14.8. The molecule has 0 saturated carbocycles. The van der Waals surface area contributed by atoms with E-state index in [0.717, 1.165) is 51.6 Å². The monoisotopic (exact) mass is 309 g/mol. The second-order valence-electron chi connectivity index (χ2n) is 5.45. The third-order valence-corrected chi connectivity index (χ3v) is 4.56. The first-order valence-electron chi connectivity index (χ1n) is 7.22. The van der Waals surface area contributed by atoms with Gasteiger partial charge in [-0.15, -0.1) is 0 Å². The van der Waals surface area contributed by atoms with Crippen LogP contribution in [0.25, 0.3) is 0 Å². The van der Waals surface area contributed by atoms with Crippen LogP contribution in [0.5, 0.6) is 0 Å². The van der Waals surface area contributed by atoms with E-state index in [0.29, 0.717) is 16.6 Å². The molecular formula is C14H20ClN5O. The first-order chi connectivity index (χ1) is 10.2. The molecule has 2 aliphatic rings. The van der Waals surface area contributed by atoms with Gasteiger partial charge < -0.3 is 15.4 Å². The number of ether oxygens (including phenoxy) is 1. The molecule has 2 aliphatic heterocycles. The molecule has 1 unspecified atom stereocenters. The molecule has 3 heterocycles. The smallest absolute Gasteiger partial charge is 0.148 e. The van der Waals surface area contributed by atoms with Gasteiger partial charge in [0.1, 0.15) is 11.7 Å². The fourth-order valence-electron chi connectivity index (χ4n) is 3.04. The van der Waals surface area contributed by atoms with E-state index in [1.807, 2.05) is 0 Å². The number of nitrogens with zero attached hydrogens (tertiary/aromatic N) is 3. The molecule has 7 heteroatoms. The van der Waals surface area contributed by atoms with Crippen LogP contribution in [0.1, 0.15) is 12.0 Å². The van der Waals surface area contributed by atoms with Gasteiger partial charge in [0, 0.05) is 44.0 Å². The summed E-state index contributed by atoms with van der Waals surface area (Å²) >= 11 is 6.36. The molecule has 0 aliphatic carbocycles. The standard InChI is InChI=1S/C14H20ClN5O/c15-12-11(13(16)17)1-3-18-14(12)20-4-2-10(9-20)19-5-7-21-8-6-19/h1,3,10H,2,4-9H2,(H3,16,17). The number of nitrogens with two attached hydrogens (primary N) is 1. The van der Waals surface area contributed by atoms with Crippen LogP contribution in [0.15, 0.2) is 12.3 Å². The molecule has 3 rings (SSSR count). The van der Waals surface area contributed by atoms with Crippen LogP contribution in [-0.4, -0.2) is 61.2 Å². The number of amidine groups is 1. The lowest BCUT2D eigenvalue weighted by Crippen LogP contribution is -2.44. The van der Waals surface area contributed by atoms with Gasteiger partial charge in [0.05, 0.1) is 18.2 Å². The van der Waals surface area contributed by atoms with Crippen molar-refractivity contribution in [3.05, 3.63) is 22.8 Å². The molecule has 0 bridgehead atoms. The number of anilines is 1. The van der Waals surface area contributed by atoms with E-state index in [1.165, 1.54) is 0 Å². The Bertz CT molecular complexity index is 532. The van der Waals surface area contributed by atoms with Crippen molar-refractivity contribution in [3.63, 3.8) is 0 Å². The molecular weight excluding hydrogens is 290 g/mol. The van der Waals surface area contributed by atoms with Crippen molar-refractivity contribution in [1.29, 1.82) is 5.41 Å². The average Bonchev–Trinajstić information content (AvgIpc) is 2.98. The molecule has 0 radical (unpaired) electrons. The molecule has 2 fully saturated rings. The van der Waals surface area contributed by atoms with Crippen LogP contribution in [0, 0.1) is 5.41 Å². The summed E-state index contributed by atoms with van der Waals surface area (Å²) in [5.41, 5.74) is 6.11. The maximum absolute atomic E-state index is 7.57. The summed E-state index contributed by atoms with van der Waals surface area (Å²) in [5.74, 6) is 0.715. The van der Waals surface area contributed by atoms with E-state index in [4.69, 9.17) is 27.5 Å². The van der Waals surface area contributed by atoms with Crippen molar-refractivity contribution in [2.75, 3.05) is 44.3 Å². The third kappa shape index (κ3) is 2.97. The Balaban J connectivity index is 1.74. The molecule has 2 saturated heterocycles. The lowest BCUT2D eigenvalue weighted by molar-refractivity contribution is 0.0209. The highest BCUT2D eigenvalue weighted by atomic mass is 35.5. The molecule has 3 N–H and O–H groups in total. The Kier molecular flexibility index (Phi) is 4.28. The Morgan fingerprint density at radius 3 is 2.86 bits per heavy atom. The van der Waals surface area contributed by atoms with Crippen LogP contribution in [0.4, 0.5) is 5.82 Å². The number of hydrogen-bond donors (Lipinski definition) is 2. The minimum absolute atomic E-state index is 0.0208. The van der Waals surface area contributed by atoms with Gasteiger partial charge in [-0.3, -0.25) is 10.3 Å². The van der Waals surface area contributed by atoms with Gasteiger partial charge >= 0.3 is 0 Å². The van der Waals surface area contributed by atoms with Crippen LogP contribution >= 0.6 is 11.6 Å². The van der Waals surface area contributed by atoms with Gasteiger partial charge in [0.15, 0.2) is 0 Å². The number of rotatable bonds is 3. The maximum atomic E-state index is 7.57. The summed E-state index contributed by atoms with van der Waals surface area (Å²) < 4.78 is 5.41. The molecule has 1 atom stereocenters. The number of nitrogens with one attached hydrogen (secondary N) is 1. The number of pyridine rings is 1. The molecule has 1 aromatic heterocycles. The van der Waals surface area contributed by atoms with Crippen molar-refractivity contribution in [2.24, 2.45) is 5.73 Å². The summed E-state index contributed by atoms with van der Waals surface area (Å²) in [5, 5.41) is 8.05. The highest BCUT2D eigenvalue weighted by molar-refractivity contribution is 6.36.